The molecule has 2 fully saturated rings. The zero-order valence-electron chi connectivity index (χ0n) is 12.0. The lowest BCUT2D eigenvalue weighted by Gasteiger charge is -2.43. The molecular formula is C15H21FN2O2S. The minimum absolute atomic E-state index is 0.0220. The van der Waals surface area contributed by atoms with E-state index in [0.717, 1.165) is 44.2 Å². The van der Waals surface area contributed by atoms with Gasteiger partial charge in [0.25, 0.3) is 0 Å². The van der Waals surface area contributed by atoms with Gasteiger partial charge in [-0.1, -0.05) is 12.8 Å². The van der Waals surface area contributed by atoms with Crippen LogP contribution in [0.15, 0.2) is 23.1 Å². The summed E-state index contributed by atoms with van der Waals surface area (Å²) in [6.07, 6.45) is 6.24. The molecule has 1 saturated heterocycles. The van der Waals surface area contributed by atoms with Crippen LogP contribution in [0, 0.1) is 11.7 Å². The van der Waals surface area contributed by atoms with Gasteiger partial charge in [-0.2, -0.15) is 4.31 Å². The maximum atomic E-state index is 13.5. The van der Waals surface area contributed by atoms with Crippen LogP contribution in [0.5, 0.6) is 0 Å². The Morgan fingerprint density at radius 1 is 1.10 bits per heavy atom. The highest BCUT2D eigenvalue weighted by Crippen LogP contribution is 2.38. The zero-order valence-corrected chi connectivity index (χ0v) is 12.8. The smallest absolute Gasteiger partial charge is 0.243 e. The van der Waals surface area contributed by atoms with E-state index in [0.29, 0.717) is 12.5 Å². The summed E-state index contributed by atoms with van der Waals surface area (Å²) < 4.78 is 40.8. The van der Waals surface area contributed by atoms with Crippen LogP contribution in [0.3, 0.4) is 0 Å². The van der Waals surface area contributed by atoms with E-state index in [9.17, 15) is 12.8 Å². The third-order valence-corrected chi connectivity index (χ3v) is 6.59. The van der Waals surface area contributed by atoms with Gasteiger partial charge in [-0.15, -0.1) is 0 Å². The molecule has 2 aliphatic rings. The number of benzene rings is 1. The number of halogens is 1. The van der Waals surface area contributed by atoms with Gasteiger partial charge in [0.2, 0.25) is 10.0 Å². The van der Waals surface area contributed by atoms with Gasteiger partial charge in [0.1, 0.15) is 5.82 Å². The van der Waals surface area contributed by atoms with Gasteiger partial charge >= 0.3 is 0 Å². The number of sulfonamides is 1. The Hall–Kier alpha value is -1.14. The van der Waals surface area contributed by atoms with Gasteiger partial charge in [0.15, 0.2) is 0 Å². The molecule has 0 amide bonds. The molecule has 1 heterocycles. The first-order valence-electron chi connectivity index (χ1n) is 7.56. The SMILES string of the molecule is Nc1cc(F)cc(S(=O)(=O)N2CCC[C@H]3CCCC[C@H]32)c1. The van der Waals surface area contributed by atoms with Crippen molar-refractivity contribution in [1.82, 2.24) is 4.31 Å². The Bertz CT molecular complexity index is 610. The molecule has 0 spiro atoms. The van der Waals surface area contributed by atoms with Crippen LogP contribution in [-0.2, 0) is 10.0 Å². The number of hydrogen-bond acceptors (Lipinski definition) is 3. The first kappa shape index (κ1) is 14.8. The number of anilines is 1. The summed E-state index contributed by atoms with van der Waals surface area (Å²) in [6, 6.07) is 3.63. The Balaban J connectivity index is 1.96. The second kappa shape index (κ2) is 5.57. The standard InChI is InChI=1S/C15H21FN2O2S/c16-12-8-13(17)10-14(9-12)21(19,20)18-7-3-5-11-4-1-2-6-15(11)18/h8-11,15H,1-7,17H2/t11-,15-/m1/s1. The largest absolute Gasteiger partial charge is 0.399 e. The number of hydrogen-bond donors (Lipinski definition) is 1. The van der Waals surface area contributed by atoms with E-state index >= 15 is 0 Å². The molecule has 6 heteroatoms. The van der Waals surface area contributed by atoms with E-state index in [1.165, 1.54) is 12.5 Å². The molecule has 0 radical (unpaired) electrons. The Morgan fingerprint density at radius 3 is 2.57 bits per heavy atom. The second-order valence-electron chi connectivity index (χ2n) is 6.09. The highest BCUT2D eigenvalue weighted by atomic mass is 32.2. The molecule has 1 aromatic rings. The molecule has 1 aliphatic carbocycles. The summed E-state index contributed by atoms with van der Waals surface area (Å²) in [5.41, 5.74) is 5.74. The van der Waals surface area contributed by atoms with Crippen LogP contribution in [0.25, 0.3) is 0 Å². The molecule has 1 saturated carbocycles. The number of rotatable bonds is 2. The van der Waals surface area contributed by atoms with Gasteiger partial charge in [0.05, 0.1) is 4.90 Å². The molecule has 0 unspecified atom stereocenters. The third kappa shape index (κ3) is 2.79. The fourth-order valence-electron chi connectivity index (χ4n) is 3.75. The van der Waals surface area contributed by atoms with Crippen molar-refractivity contribution in [3.8, 4) is 0 Å². The summed E-state index contributed by atoms with van der Waals surface area (Å²) in [6.45, 7) is 0.528. The number of nitrogen functional groups attached to an aromatic ring is 1. The Labute approximate surface area is 125 Å². The number of nitrogens with zero attached hydrogens (tertiary/aromatic N) is 1. The topological polar surface area (TPSA) is 63.4 Å². The van der Waals surface area contributed by atoms with E-state index < -0.39 is 15.8 Å². The molecular weight excluding hydrogens is 291 g/mol. The number of fused-ring (bicyclic) bond motifs is 1. The lowest BCUT2D eigenvalue weighted by Crippen LogP contribution is -2.49. The van der Waals surface area contributed by atoms with Crippen molar-refractivity contribution < 1.29 is 12.8 Å². The zero-order chi connectivity index (χ0) is 15.0. The van der Waals surface area contributed by atoms with Crippen molar-refractivity contribution in [1.29, 1.82) is 0 Å². The van der Waals surface area contributed by atoms with Crippen LogP contribution in [-0.4, -0.2) is 25.3 Å². The molecule has 2 N–H and O–H groups in total. The fourth-order valence-corrected chi connectivity index (χ4v) is 5.57. The maximum absolute atomic E-state index is 13.5. The molecule has 1 aromatic carbocycles. The van der Waals surface area contributed by atoms with E-state index in [-0.39, 0.29) is 16.6 Å². The van der Waals surface area contributed by atoms with Gasteiger partial charge < -0.3 is 5.73 Å². The number of nitrogens with two attached hydrogens (primary N) is 1. The minimum Gasteiger partial charge on any atom is -0.399 e. The highest BCUT2D eigenvalue weighted by Gasteiger charge is 2.40. The molecule has 0 aromatic heterocycles. The van der Waals surface area contributed by atoms with Crippen LogP contribution in [0.2, 0.25) is 0 Å². The van der Waals surface area contributed by atoms with Crippen molar-refractivity contribution >= 4 is 15.7 Å². The normalized spacial score (nSPS) is 27.3. The van der Waals surface area contributed by atoms with E-state index in [1.807, 2.05) is 0 Å². The molecule has 21 heavy (non-hydrogen) atoms. The van der Waals surface area contributed by atoms with Crippen molar-refractivity contribution in [3.63, 3.8) is 0 Å². The van der Waals surface area contributed by atoms with Crippen LogP contribution < -0.4 is 5.73 Å². The molecule has 1 aliphatic heterocycles. The summed E-state index contributed by atoms with van der Waals surface area (Å²) in [5.74, 6) is -0.154. The van der Waals surface area contributed by atoms with E-state index in [1.54, 1.807) is 4.31 Å². The summed E-state index contributed by atoms with van der Waals surface area (Å²) in [5, 5.41) is 0. The second-order valence-corrected chi connectivity index (χ2v) is 7.98. The summed E-state index contributed by atoms with van der Waals surface area (Å²) in [4.78, 5) is -0.0220. The van der Waals surface area contributed by atoms with Crippen LogP contribution in [0.4, 0.5) is 10.1 Å². The Morgan fingerprint density at radius 2 is 1.81 bits per heavy atom. The quantitative estimate of drug-likeness (QED) is 0.854. The molecule has 116 valence electrons. The Kier molecular flexibility index (Phi) is 3.92. The lowest BCUT2D eigenvalue weighted by atomic mass is 9.79. The predicted molar refractivity (Wildman–Crippen MR) is 79.7 cm³/mol. The third-order valence-electron chi connectivity index (χ3n) is 4.69. The van der Waals surface area contributed by atoms with Gasteiger partial charge in [-0.05, 0) is 49.8 Å². The average molecular weight is 312 g/mol. The van der Waals surface area contributed by atoms with Crippen molar-refractivity contribution in [2.75, 3.05) is 12.3 Å². The van der Waals surface area contributed by atoms with Crippen molar-refractivity contribution in [2.24, 2.45) is 5.92 Å². The van der Waals surface area contributed by atoms with Gasteiger partial charge in [-0.3, -0.25) is 0 Å². The first-order valence-corrected chi connectivity index (χ1v) is 9.00. The average Bonchev–Trinajstić information content (AvgIpc) is 2.45. The number of piperidine rings is 1. The van der Waals surface area contributed by atoms with E-state index in [4.69, 9.17) is 5.73 Å². The first-order chi connectivity index (χ1) is 9.98. The van der Waals surface area contributed by atoms with E-state index in [2.05, 4.69) is 0 Å². The molecule has 0 bridgehead atoms. The molecule has 2 atom stereocenters. The minimum atomic E-state index is -3.66. The molecule has 4 nitrogen and oxygen atoms in total. The maximum Gasteiger partial charge on any atom is 0.243 e. The fraction of sp³-hybridized carbons (Fsp3) is 0.600. The lowest BCUT2D eigenvalue weighted by molar-refractivity contribution is 0.129. The van der Waals surface area contributed by atoms with Crippen LogP contribution >= 0.6 is 0 Å². The van der Waals surface area contributed by atoms with Crippen molar-refractivity contribution in [3.05, 3.63) is 24.0 Å². The van der Waals surface area contributed by atoms with Crippen molar-refractivity contribution in [2.45, 2.75) is 49.5 Å². The summed E-state index contributed by atoms with van der Waals surface area (Å²) in [7, 11) is -3.66. The highest BCUT2D eigenvalue weighted by molar-refractivity contribution is 7.89. The van der Waals surface area contributed by atoms with Gasteiger partial charge in [-0.25, -0.2) is 12.8 Å². The summed E-state index contributed by atoms with van der Waals surface area (Å²) >= 11 is 0. The molecule has 3 rings (SSSR count). The van der Waals surface area contributed by atoms with Gasteiger partial charge in [0, 0.05) is 18.3 Å². The monoisotopic (exact) mass is 312 g/mol. The predicted octanol–water partition coefficient (Wildman–Crippen LogP) is 2.75. The van der Waals surface area contributed by atoms with Crippen LogP contribution in [0.1, 0.15) is 38.5 Å².